The fourth-order valence-corrected chi connectivity index (χ4v) is 9.89. The van der Waals surface area contributed by atoms with Crippen molar-refractivity contribution in [1.29, 1.82) is 0 Å². The summed E-state index contributed by atoms with van der Waals surface area (Å²) in [6, 6.07) is 67.2. The molecule has 9 aromatic carbocycles. The van der Waals surface area contributed by atoms with E-state index in [4.69, 9.17) is 8.83 Å². The van der Waals surface area contributed by atoms with Crippen molar-refractivity contribution >= 4 is 103 Å². The van der Waals surface area contributed by atoms with E-state index >= 15 is 0 Å². The number of furan rings is 2. The van der Waals surface area contributed by atoms with Crippen molar-refractivity contribution in [3.8, 4) is 22.3 Å². The van der Waals surface area contributed by atoms with Gasteiger partial charge in [0.1, 0.15) is 22.3 Å². The maximum absolute atomic E-state index is 6.57. The molecule has 0 unspecified atom stereocenters. The molecule has 0 aliphatic carbocycles. The first-order valence-corrected chi connectivity index (χ1v) is 19.7. The van der Waals surface area contributed by atoms with Crippen molar-refractivity contribution in [2.75, 3.05) is 4.90 Å². The fourth-order valence-electron chi connectivity index (χ4n) is 8.65. The largest absolute Gasteiger partial charge is 0.456 e. The lowest BCUT2D eigenvalue weighted by molar-refractivity contribution is 0.669. The van der Waals surface area contributed by atoms with Crippen LogP contribution in [0.4, 0.5) is 17.1 Å². The molecule has 3 aromatic heterocycles. The van der Waals surface area contributed by atoms with E-state index in [2.05, 4.69) is 181 Å². The van der Waals surface area contributed by atoms with E-state index in [1.807, 2.05) is 23.5 Å². The SMILES string of the molecule is c1ccc2c(c1)ccc1oc3cc(N(c4ccc(-c5cccc6c5oc5ccccc56)cc4)c4ccc(-c5cccc6c5sc5ccccc56)cc4)ccc3c12. The van der Waals surface area contributed by atoms with Crippen molar-refractivity contribution in [2.24, 2.45) is 0 Å². The number of hydrogen-bond donors (Lipinski definition) is 0. The quantitative estimate of drug-likeness (QED) is 0.176. The number of fused-ring (bicyclic) bond motifs is 11. The minimum absolute atomic E-state index is 0.861. The zero-order valence-electron chi connectivity index (χ0n) is 30.1. The number of nitrogens with zero attached hydrogens (tertiary/aromatic N) is 1. The Morgan fingerprint density at radius 3 is 1.84 bits per heavy atom. The fraction of sp³-hybridized carbons (Fsp3) is 0. The molecule has 0 radical (unpaired) electrons. The first-order valence-electron chi connectivity index (χ1n) is 18.9. The molecule has 0 N–H and O–H groups in total. The summed E-state index contributed by atoms with van der Waals surface area (Å²) >= 11 is 1.86. The molecule has 0 aliphatic rings. The van der Waals surface area contributed by atoms with Gasteiger partial charge in [0.05, 0.1) is 0 Å². The molecule has 0 amide bonds. The van der Waals surface area contributed by atoms with Gasteiger partial charge in [-0.25, -0.2) is 0 Å². The van der Waals surface area contributed by atoms with Crippen molar-refractivity contribution in [2.45, 2.75) is 0 Å². The molecule has 12 aromatic rings. The first kappa shape index (κ1) is 31.2. The van der Waals surface area contributed by atoms with Gasteiger partial charge in [0.2, 0.25) is 0 Å². The topological polar surface area (TPSA) is 29.5 Å². The first-order chi connectivity index (χ1) is 27.7. The lowest BCUT2D eigenvalue weighted by atomic mass is 10.0. The molecular weight excluding hydrogens is 703 g/mol. The van der Waals surface area contributed by atoms with Crippen LogP contribution in [-0.4, -0.2) is 0 Å². The smallest absolute Gasteiger partial charge is 0.143 e. The zero-order chi connectivity index (χ0) is 36.7. The van der Waals surface area contributed by atoms with Crippen LogP contribution in [-0.2, 0) is 0 Å². The Kier molecular flexibility index (Phi) is 6.80. The summed E-state index contributed by atoms with van der Waals surface area (Å²) < 4.78 is 15.6. The predicted molar refractivity (Wildman–Crippen MR) is 237 cm³/mol. The third-order valence-electron chi connectivity index (χ3n) is 11.3. The summed E-state index contributed by atoms with van der Waals surface area (Å²) in [5.74, 6) is 0. The molecule has 0 spiro atoms. The van der Waals surface area contributed by atoms with Gasteiger partial charge in [-0.1, -0.05) is 127 Å². The van der Waals surface area contributed by atoms with Crippen molar-refractivity contribution < 1.29 is 8.83 Å². The van der Waals surface area contributed by atoms with Gasteiger partial charge >= 0.3 is 0 Å². The molecule has 4 heteroatoms. The molecular formula is C52H31NO2S. The van der Waals surface area contributed by atoms with E-state index in [1.165, 1.54) is 42.1 Å². The van der Waals surface area contributed by atoms with E-state index in [0.717, 1.165) is 72.1 Å². The number of hydrogen-bond acceptors (Lipinski definition) is 4. The van der Waals surface area contributed by atoms with Gasteiger partial charge in [0.25, 0.3) is 0 Å². The maximum Gasteiger partial charge on any atom is 0.143 e. The highest BCUT2D eigenvalue weighted by atomic mass is 32.1. The van der Waals surface area contributed by atoms with Gasteiger partial charge in [0.15, 0.2) is 0 Å². The molecule has 3 nitrogen and oxygen atoms in total. The van der Waals surface area contributed by atoms with Gasteiger partial charge in [-0.15, -0.1) is 11.3 Å². The maximum atomic E-state index is 6.57. The number of anilines is 3. The normalized spacial score (nSPS) is 11.9. The molecule has 0 bridgehead atoms. The highest BCUT2D eigenvalue weighted by Gasteiger charge is 2.19. The van der Waals surface area contributed by atoms with Gasteiger partial charge in [0, 0.05) is 70.4 Å². The van der Waals surface area contributed by atoms with Gasteiger partial charge in [-0.05, 0) is 82.1 Å². The average molecular weight is 734 g/mol. The van der Waals surface area contributed by atoms with Crippen LogP contribution in [0.1, 0.15) is 0 Å². The Morgan fingerprint density at radius 1 is 0.375 bits per heavy atom. The number of benzene rings is 9. The minimum atomic E-state index is 0.861. The molecule has 0 atom stereocenters. The van der Waals surface area contributed by atoms with Crippen molar-refractivity contribution in [3.05, 3.63) is 188 Å². The summed E-state index contributed by atoms with van der Waals surface area (Å²) in [5.41, 5.74) is 11.3. The number of para-hydroxylation sites is 2. The van der Waals surface area contributed by atoms with Gasteiger partial charge in [-0.2, -0.15) is 0 Å². The molecule has 0 fully saturated rings. The summed E-state index contributed by atoms with van der Waals surface area (Å²) in [6.07, 6.45) is 0. The molecule has 56 heavy (non-hydrogen) atoms. The van der Waals surface area contributed by atoms with E-state index < -0.39 is 0 Å². The van der Waals surface area contributed by atoms with Crippen LogP contribution in [0.25, 0.3) is 97.1 Å². The Balaban J connectivity index is 0.996. The summed E-state index contributed by atoms with van der Waals surface area (Å²) in [7, 11) is 0. The number of rotatable bonds is 5. The molecule has 0 saturated heterocycles. The highest BCUT2D eigenvalue weighted by molar-refractivity contribution is 7.26. The van der Waals surface area contributed by atoms with Crippen LogP contribution in [0.3, 0.4) is 0 Å². The molecule has 262 valence electrons. The number of thiophene rings is 1. The van der Waals surface area contributed by atoms with Crippen LogP contribution in [0, 0.1) is 0 Å². The van der Waals surface area contributed by atoms with E-state index in [-0.39, 0.29) is 0 Å². The Bertz CT molecular complexity index is 3320. The average Bonchev–Trinajstić information content (AvgIpc) is 3.96. The second-order valence-corrected chi connectivity index (χ2v) is 15.5. The van der Waals surface area contributed by atoms with E-state index in [9.17, 15) is 0 Å². The lowest BCUT2D eigenvalue weighted by Crippen LogP contribution is -2.09. The lowest BCUT2D eigenvalue weighted by Gasteiger charge is -2.26. The van der Waals surface area contributed by atoms with Crippen LogP contribution in [0.2, 0.25) is 0 Å². The second kappa shape index (κ2) is 12.2. The van der Waals surface area contributed by atoms with Crippen LogP contribution in [0.5, 0.6) is 0 Å². The standard InChI is InChI=1S/C52H31NO2S/c1-2-10-38-32(9-1)23-30-47-50(38)45-29-28-37(31-48(45)54-47)53(35-24-19-33(20-25-35)39-13-7-15-43-41-11-3-5-17-46(41)55-51(39)43)36-26-21-34(22-27-36)40-14-8-16-44-42-12-4-6-18-49(42)56-52(40)44/h1-31H. The zero-order valence-corrected chi connectivity index (χ0v) is 30.9. The summed E-state index contributed by atoms with van der Waals surface area (Å²) in [4.78, 5) is 2.32. The molecule has 3 heterocycles. The molecule has 0 saturated carbocycles. The Hall–Kier alpha value is -7.14. The second-order valence-electron chi connectivity index (χ2n) is 14.4. The van der Waals surface area contributed by atoms with E-state index in [0.29, 0.717) is 0 Å². The van der Waals surface area contributed by atoms with Crippen LogP contribution < -0.4 is 4.90 Å². The summed E-state index contributed by atoms with van der Waals surface area (Å²) in [5, 5.41) is 9.55. The van der Waals surface area contributed by atoms with Crippen molar-refractivity contribution in [3.63, 3.8) is 0 Å². The monoisotopic (exact) mass is 733 g/mol. The van der Waals surface area contributed by atoms with Gasteiger partial charge in [-0.3, -0.25) is 0 Å². The Morgan fingerprint density at radius 2 is 1.02 bits per heavy atom. The Labute approximate surface area is 325 Å². The summed E-state index contributed by atoms with van der Waals surface area (Å²) in [6.45, 7) is 0. The van der Waals surface area contributed by atoms with Crippen molar-refractivity contribution in [1.82, 2.24) is 0 Å². The minimum Gasteiger partial charge on any atom is -0.456 e. The van der Waals surface area contributed by atoms with Crippen LogP contribution >= 0.6 is 11.3 Å². The van der Waals surface area contributed by atoms with Gasteiger partial charge < -0.3 is 13.7 Å². The molecule has 12 rings (SSSR count). The predicted octanol–water partition coefficient (Wildman–Crippen LogP) is 15.8. The third-order valence-corrected chi connectivity index (χ3v) is 12.5. The van der Waals surface area contributed by atoms with Crippen LogP contribution in [0.15, 0.2) is 197 Å². The highest BCUT2D eigenvalue weighted by Crippen LogP contribution is 2.44. The molecule has 0 aliphatic heterocycles. The third kappa shape index (κ3) is 4.76. The van der Waals surface area contributed by atoms with E-state index in [1.54, 1.807) is 0 Å².